The third-order valence-corrected chi connectivity index (χ3v) is 5.74. The van der Waals surface area contributed by atoms with Gasteiger partial charge in [0.15, 0.2) is 5.11 Å². The van der Waals surface area contributed by atoms with Crippen molar-refractivity contribution in [1.29, 1.82) is 0 Å². The van der Waals surface area contributed by atoms with Gasteiger partial charge in [-0.1, -0.05) is 30.3 Å². The Kier molecular flexibility index (Phi) is 8.18. The monoisotopic (exact) mass is 559 g/mol. The quantitative estimate of drug-likeness (QED) is 0.295. The van der Waals surface area contributed by atoms with Crippen molar-refractivity contribution in [3.05, 3.63) is 93.1 Å². The largest absolute Gasteiger partial charge is 0.496 e. The fourth-order valence-electron chi connectivity index (χ4n) is 2.96. The van der Waals surface area contributed by atoms with E-state index in [0.717, 1.165) is 9.13 Å². The molecule has 3 aromatic carbocycles. The van der Waals surface area contributed by atoms with Crippen molar-refractivity contribution in [2.24, 2.45) is 0 Å². The lowest BCUT2D eigenvalue weighted by molar-refractivity contribution is 0.0938. The first kappa shape index (κ1) is 23.7. The first-order chi connectivity index (χ1) is 15.4. The first-order valence-corrected chi connectivity index (χ1v) is 11.3. The molecule has 0 spiro atoms. The standard InChI is InChI=1S/C24H22IN3O3S/c1-15(16-6-4-3-5-7-16)26-22(29)17-8-11-19(12-9-17)27-24(32)28-23(30)18-10-13-21(31-2)20(25)14-18/h3-15H,1-2H3,(H,26,29)(H2,27,28,30,32). The van der Waals surface area contributed by atoms with E-state index >= 15 is 0 Å². The van der Waals surface area contributed by atoms with Crippen LogP contribution in [0.15, 0.2) is 72.8 Å². The molecule has 0 radical (unpaired) electrons. The predicted molar refractivity (Wildman–Crippen MR) is 138 cm³/mol. The van der Waals surface area contributed by atoms with Gasteiger partial charge in [-0.25, -0.2) is 0 Å². The Morgan fingerprint density at radius 3 is 2.22 bits per heavy atom. The number of amides is 2. The van der Waals surface area contributed by atoms with Crippen molar-refractivity contribution >= 4 is 57.4 Å². The minimum absolute atomic E-state index is 0.106. The molecule has 0 saturated heterocycles. The number of anilines is 1. The molecular weight excluding hydrogens is 537 g/mol. The van der Waals surface area contributed by atoms with Gasteiger partial charge >= 0.3 is 0 Å². The molecule has 8 heteroatoms. The Morgan fingerprint density at radius 1 is 0.938 bits per heavy atom. The lowest BCUT2D eigenvalue weighted by atomic mass is 10.1. The van der Waals surface area contributed by atoms with Gasteiger partial charge in [0.1, 0.15) is 5.75 Å². The Morgan fingerprint density at radius 2 is 1.59 bits per heavy atom. The zero-order valence-corrected chi connectivity index (χ0v) is 20.5. The van der Waals surface area contributed by atoms with E-state index in [2.05, 4.69) is 38.5 Å². The van der Waals surface area contributed by atoms with Gasteiger partial charge in [-0.05, 0) is 89.8 Å². The van der Waals surface area contributed by atoms with Crippen LogP contribution < -0.4 is 20.7 Å². The number of methoxy groups -OCH3 is 1. The first-order valence-electron chi connectivity index (χ1n) is 9.79. The maximum Gasteiger partial charge on any atom is 0.257 e. The van der Waals surface area contributed by atoms with Crippen LogP contribution in [0.2, 0.25) is 0 Å². The summed E-state index contributed by atoms with van der Waals surface area (Å²) in [5.74, 6) is 0.206. The molecule has 0 heterocycles. The molecule has 3 aromatic rings. The van der Waals surface area contributed by atoms with Gasteiger partial charge < -0.3 is 15.4 Å². The second-order valence-electron chi connectivity index (χ2n) is 6.94. The lowest BCUT2D eigenvalue weighted by Crippen LogP contribution is -2.34. The molecule has 1 unspecified atom stereocenters. The van der Waals surface area contributed by atoms with Crippen LogP contribution in [0.5, 0.6) is 5.75 Å². The molecule has 6 nitrogen and oxygen atoms in total. The van der Waals surface area contributed by atoms with E-state index in [0.29, 0.717) is 22.6 Å². The summed E-state index contributed by atoms with van der Waals surface area (Å²) in [6, 6.07) is 21.6. The van der Waals surface area contributed by atoms with Crippen molar-refractivity contribution in [1.82, 2.24) is 10.6 Å². The Labute approximate surface area is 205 Å². The summed E-state index contributed by atoms with van der Waals surface area (Å²) in [4.78, 5) is 24.9. The van der Waals surface area contributed by atoms with Gasteiger partial charge in [0, 0.05) is 16.8 Å². The van der Waals surface area contributed by atoms with Gasteiger partial charge in [-0.15, -0.1) is 0 Å². The predicted octanol–water partition coefficient (Wildman–Crippen LogP) is 4.92. The molecule has 0 aliphatic rings. The average Bonchev–Trinajstić information content (AvgIpc) is 2.79. The summed E-state index contributed by atoms with van der Waals surface area (Å²) in [5, 5.41) is 8.74. The highest BCUT2D eigenvalue weighted by Crippen LogP contribution is 2.21. The second-order valence-corrected chi connectivity index (χ2v) is 8.51. The van der Waals surface area contributed by atoms with Crippen LogP contribution in [0.4, 0.5) is 5.69 Å². The topological polar surface area (TPSA) is 79.5 Å². The summed E-state index contributed by atoms with van der Waals surface area (Å²) in [7, 11) is 1.58. The highest BCUT2D eigenvalue weighted by atomic mass is 127. The summed E-state index contributed by atoms with van der Waals surface area (Å²) < 4.78 is 6.03. The van der Waals surface area contributed by atoms with Crippen molar-refractivity contribution < 1.29 is 14.3 Å². The zero-order valence-electron chi connectivity index (χ0n) is 17.5. The number of hydrogen-bond donors (Lipinski definition) is 3. The molecule has 0 aliphatic heterocycles. The fourth-order valence-corrected chi connectivity index (χ4v) is 3.90. The molecule has 0 aromatic heterocycles. The molecule has 0 aliphatic carbocycles. The smallest absolute Gasteiger partial charge is 0.257 e. The molecule has 1 atom stereocenters. The number of nitrogens with one attached hydrogen (secondary N) is 3. The average molecular weight is 559 g/mol. The Bertz CT molecular complexity index is 1120. The lowest BCUT2D eigenvalue weighted by Gasteiger charge is -2.15. The van der Waals surface area contributed by atoms with Gasteiger partial charge in [0.2, 0.25) is 0 Å². The SMILES string of the molecule is COc1ccc(C(=O)NC(=S)Nc2ccc(C(=O)NC(C)c3ccccc3)cc2)cc1I. The molecule has 0 fully saturated rings. The van der Waals surface area contributed by atoms with Crippen molar-refractivity contribution in [2.45, 2.75) is 13.0 Å². The highest BCUT2D eigenvalue weighted by Gasteiger charge is 2.13. The van der Waals surface area contributed by atoms with E-state index in [9.17, 15) is 9.59 Å². The molecule has 2 amide bonds. The molecule has 3 N–H and O–H groups in total. The summed E-state index contributed by atoms with van der Waals surface area (Å²) in [6.45, 7) is 1.94. The van der Waals surface area contributed by atoms with Gasteiger partial charge in [-0.2, -0.15) is 0 Å². The Balaban J connectivity index is 1.55. The minimum Gasteiger partial charge on any atom is -0.496 e. The number of thiocarbonyl (C=S) groups is 1. The van der Waals surface area contributed by atoms with Crippen LogP contribution >= 0.6 is 34.8 Å². The number of carbonyl (C=O) groups is 2. The minimum atomic E-state index is -0.325. The number of ether oxygens (including phenoxy) is 1. The van der Waals surface area contributed by atoms with E-state index < -0.39 is 0 Å². The maximum atomic E-state index is 12.5. The fraction of sp³-hybridized carbons (Fsp3) is 0.125. The number of halogens is 1. The molecule has 164 valence electrons. The zero-order chi connectivity index (χ0) is 23.1. The van der Waals surface area contributed by atoms with E-state index in [4.69, 9.17) is 17.0 Å². The van der Waals surface area contributed by atoms with E-state index in [1.165, 1.54) is 0 Å². The Hall–Kier alpha value is -2.98. The van der Waals surface area contributed by atoms with E-state index in [1.807, 2.05) is 37.3 Å². The molecule has 3 rings (SSSR count). The third-order valence-electron chi connectivity index (χ3n) is 4.69. The normalized spacial score (nSPS) is 11.2. The van der Waals surface area contributed by atoms with E-state index in [-0.39, 0.29) is 23.0 Å². The van der Waals surface area contributed by atoms with Crippen LogP contribution in [-0.4, -0.2) is 24.0 Å². The maximum absolute atomic E-state index is 12.5. The molecule has 0 saturated carbocycles. The van der Waals surface area contributed by atoms with Crippen LogP contribution in [0.3, 0.4) is 0 Å². The molecule has 32 heavy (non-hydrogen) atoms. The molecule has 0 bridgehead atoms. The summed E-state index contributed by atoms with van der Waals surface area (Å²) >= 11 is 7.34. The second kappa shape index (κ2) is 11.1. The van der Waals surface area contributed by atoms with Crippen LogP contribution in [0, 0.1) is 3.57 Å². The van der Waals surface area contributed by atoms with Crippen LogP contribution in [0.25, 0.3) is 0 Å². The van der Waals surface area contributed by atoms with Crippen molar-refractivity contribution in [3.63, 3.8) is 0 Å². The van der Waals surface area contributed by atoms with E-state index in [1.54, 1.807) is 49.6 Å². The van der Waals surface area contributed by atoms with Gasteiger partial charge in [0.05, 0.1) is 16.7 Å². The number of benzene rings is 3. The number of hydrogen-bond acceptors (Lipinski definition) is 4. The summed E-state index contributed by atoms with van der Waals surface area (Å²) in [6.07, 6.45) is 0. The number of rotatable bonds is 6. The number of carbonyl (C=O) groups excluding carboxylic acids is 2. The highest BCUT2D eigenvalue weighted by molar-refractivity contribution is 14.1. The van der Waals surface area contributed by atoms with Gasteiger partial charge in [0.25, 0.3) is 11.8 Å². The molecular formula is C24H22IN3O3S. The van der Waals surface area contributed by atoms with Crippen molar-refractivity contribution in [2.75, 3.05) is 12.4 Å². The summed E-state index contributed by atoms with van der Waals surface area (Å²) in [5.41, 5.74) is 2.69. The van der Waals surface area contributed by atoms with Crippen LogP contribution in [-0.2, 0) is 0 Å². The van der Waals surface area contributed by atoms with Crippen molar-refractivity contribution in [3.8, 4) is 5.75 Å². The van der Waals surface area contributed by atoms with Gasteiger partial charge in [-0.3, -0.25) is 14.9 Å². The third kappa shape index (κ3) is 6.27. The van der Waals surface area contributed by atoms with Crippen LogP contribution in [0.1, 0.15) is 39.2 Å².